The molecule has 0 aliphatic rings. The van der Waals surface area contributed by atoms with E-state index in [9.17, 15) is 9.59 Å². The number of aryl methyl sites for hydroxylation is 2. The number of amides is 1. The molecule has 1 amide bonds. The van der Waals surface area contributed by atoms with Crippen molar-refractivity contribution in [1.29, 1.82) is 0 Å². The van der Waals surface area contributed by atoms with E-state index in [0.717, 1.165) is 11.1 Å². The first-order valence-corrected chi connectivity index (χ1v) is 8.09. The number of carbonyl (C=O) groups excluding carboxylic acids is 1. The van der Waals surface area contributed by atoms with Crippen molar-refractivity contribution in [3.8, 4) is 0 Å². The molecule has 25 heavy (non-hydrogen) atoms. The molecule has 0 aliphatic carbocycles. The highest BCUT2D eigenvalue weighted by Gasteiger charge is 2.09. The van der Waals surface area contributed by atoms with Gasteiger partial charge in [-0.05, 0) is 43.2 Å². The van der Waals surface area contributed by atoms with Crippen molar-refractivity contribution in [2.24, 2.45) is 0 Å². The van der Waals surface area contributed by atoms with Crippen molar-refractivity contribution in [3.63, 3.8) is 0 Å². The highest BCUT2D eigenvalue weighted by atomic mass is 35.5. The molecular weight excluding hydrogens is 340 g/mol. The van der Waals surface area contributed by atoms with Crippen molar-refractivity contribution in [1.82, 2.24) is 14.5 Å². The molecule has 1 aromatic carbocycles. The molecule has 0 radical (unpaired) electrons. The summed E-state index contributed by atoms with van der Waals surface area (Å²) in [6.45, 7) is 4.17. The second-order valence-corrected chi connectivity index (χ2v) is 6.28. The lowest BCUT2D eigenvalue weighted by molar-refractivity contribution is 0.101. The number of hydrogen-bond donors (Lipinski definition) is 1. The van der Waals surface area contributed by atoms with E-state index in [4.69, 9.17) is 11.6 Å². The summed E-state index contributed by atoms with van der Waals surface area (Å²) in [5, 5.41) is 4.70. The van der Waals surface area contributed by atoms with Crippen molar-refractivity contribution < 1.29 is 4.79 Å². The van der Waals surface area contributed by atoms with Crippen LogP contribution in [0.4, 0.5) is 0 Å². The van der Waals surface area contributed by atoms with Gasteiger partial charge in [-0.15, -0.1) is 0 Å². The van der Waals surface area contributed by atoms with Gasteiger partial charge in [0, 0.05) is 23.5 Å². The average molecular weight is 357 g/mol. The minimum absolute atomic E-state index is 0.266. The molecule has 0 fully saturated rings. The molecule has 0 atom stereocenters. The summed E-state index contributed by atoms with van der Waals surface area (Å²) in [6.07, 6.45) is 3.31. The zero-order chi connectivity index (χ0) is 18.0. The summed E-state index contributed by atoms with van der Waals surface area (Å²) in [6, 6.07) is 10.4. The molecule has 0 bridgehead atoms. The fourth-order valence-corrected chi connectivity index (χ4v) is 2.71. The Balaban J connectivity index is 1.74. The number of aromatic nitrogens is 3. The highest BCUT2D eigenvalue weighted by Crippen LogP contribution is 2.10. The van der Waals surface area contributed by atoms with Gasteiger partial charge in [0.2, 0.25) is 0 Å². The number of benzene rings is 1. The van der Waals surface area contributed by atoms with Gasteiger partial charge in [0.25, 0.3) is 11.5 Å². The Morgan fingerprint density at radius 1 is 1.20 bits per heavy atom. The zero-order valence-corrected chi connectivity index (χ0v) is 14.6. The monoisotopic (exact) mass is 356 g/mol. The Bertz CT molecular complexity index is 973. The van der Waals surface area contributed by atoms with Crippen LogP contribution in [0.25, 0.3) is 0 Å². The van der Waals surface area contributed by atoms with Crippen LogP contribution in [-0.4, -0.2) is 20.4 Å². The Morgan fingerprint density at radius 3 is 2.52 bits per heavy atom. The molecule has 0 saturated carbocycles. The van der Waals surface area contributed by atoms with E-state index in [-0.39, 0.29) is 11.5 Å². The standard InChI is InChI=1S/C18H17ClN4O2/c1-12-7-13(2)23(17(24)8-12)21-18(25)15-5-3-14(4-6-15)10-22-11-16(19)9-20-22/h3-9,11H,10H2,1-2H3,(H,21,25). The van der Waals surface area contributed by atoms with Crippen LogP contribution in [0.3, 0.4) is 0 Å². The molecule has 7 heteroatoms. The van der Waals surface area contributed by atoms with Crippen molar-refractivity contribution in [3.05, 3.63) is 86.6 Å². The minimum Gasteiger partial charge on any atom is -0.267 e. The molecule has 128 valence electrons. The van der Waals surface area contributed by atoms with Crippen LogP contribution in [-0.2, 0) is 6.54 Å². The maximum atomic E-state index is 12.4. The molecule has 2 heterocycles. The predicted molar refractivity (Wildman–Crippen MR) is 96.6 cm³/mol. The third-order valence-electron chi connectivity index (χ3n) is 3.74. The van der Waals surface area contributed by atoms with E-state index < -0.39 is 0 Å². The normalized spacial score (nSPS) is 10.7. The van der Waals surface area contributed by atoms with Crippen LogP contribution in [0, 0.1) is 13.8 Å². The summed E-state index contributed by atoms with van der Waals surface area (Å²) in [5.41, 5.74) is 5.34. The minimum atomic E-state index is -0.345. The van der Waals surface area contributed by atoms with Gasteiger partial charge in [-0.3, -0.25) is 19.7 Å². The van der Waals surface area contributed by atoms with Crippen LogP contribution in [0.15, 0.2) is 53.6 Å². The molecule has 1 N–H and O–H groups in total. The quantitative estimate of drug-likeness (QED) is 0.781. The van der Waals surface area contributed by atoms with Crippen LogP contribution in [0.1, 0.15) is 27.2 Å². The van der Waals surface area contributed by atoms with E-state index in [1.54, 1.807) is 36.1 Å². The molecule has 0 aliphatic heterocycles. The first kappa shape index (κ1) is 17.0. The lowest BCUT2D eigenvalue weighted by Crippen LogP contribution is -2.34. The van der Waals surface area contributed by atoms with Crippen molar-refractivity contribution in [2.45, 2.75) is 20.4 Å². The van der Waals surface area contributed by atoms with Gasteiger partial charge < -0.3 is 0 Å². The SMILES string of the molecule is Cc1cc(C)n(NC(=O)c2ccc(Cn3cc(Cl)cn3)cc2)c(=O)c1. The number of carbonyl (C=O) groups is 1. The Hall–Kier alpha value is -2.86. The van der Waals surface area contributed by atoms with Crippen molar-refractivity contribution in [2.75, 3.05) is 5.43 Å². The molecule has 6 nitrogen and oxygen atoms in total. The fourth-order valence-electron chi connectivity index (χ4n) is 2.55. The molecule has 2 aromatic heterocycles. The molecule has 3 aromatic rings. The Morgan fingerprint density at radius 2 is 1.92 bits per heavy atom. The highest BCUT2D eigenvalue weighted by molar-refractivity contribution is 6.30. The molecule has 0 spiro atoms. The van der Waals surface area contributed by atoms with E-state index in [0.29, 0.717) is 22.8 Å². The summed E-state index contributed by atoms with van der Waals surface area (Å²) >= 11 is 5.84. The number of nitrogens with one attached hydrogen (secondary N) is 1. The molecule has 0 saturated heterocycles. The molecule has 0 unspecified atom stereocenters. The average Bonchev–Trinajstić information content (AvgIpc) is 2.96. The van der Waals surface area contributed by atoms with E-state index in [1.165, 1.54) is 10.7 Å². The largest absolute Gasteiger partial charge is 0.270 e. The predicted octanol–water partition coefficient (Wildman–Crippen LogP) is 2.75. The van der Waals surface area contributed by atoms with Gasteiger partial charge in [0.15, 0.2) is 0 Å². The maximum absolute atomic E-state index is 12.4. The van der Waals surface area contributed by atoms with Gasteiger partial charge in [-0.25, -0.2) is 4.68 Å². The number of nitrogens with zero attached hydrogens (tertiary/aromatic N) is 3. The second kappa shape index (κ2) is 6.94. The van der Waals surface area contributed by atoms with Gasteiger partial charge >= 0.3 is 0 Å². The van der Waals surface area contributed by atoms with Crippen molar-refractivity contribution >= 4 is 17.5 Å². The van der Waals surface area contributed by atoms with Crippen LogP contribution in [0.5, 0.6) is 0 Å². The third-order valence-corrected chi connectivity index (χ3v) is 3.93. The second-order valence-electron chi connectivity index (χ2n) is 5.84. The van der Waals surface area contributed by atoms with E-state index in [1.807, 2.05) is 25.1 Å². The number of pyridine rings is 1. The molecule has 3 rings (SSSR count). The van der Waals surface area contributed by atoms with E-state index >= 15 is 0 Å². The van der Waals surface area contributed by atoms with Crippen LogP contribution in [0.2, 0.25) is 5.02 Å². The van der Waals surface area contributed by atoms with Crippen LogP contribution < -0.4 is 11.0 Å². The van der Waals surface area contributed by atoms with Gasteiger partial charge in [0.05, 0.1) is 17.8 Å². The topological polar surface area (TPSA) is 68.9 Å². The fraction of sp³-hybridized carbons (Fsp3) is 0.167. The third kappa shape index (κ3) is 3.97. The Labute approximate surface area is 149 Å². The first-order valence-electron chi connectivity index (χ1n) is 7.71. The van der Waals surface area contributed by atoms with E-state index in [2.05, 4.69) is 10.5 Å². The summed E-state index contributed by atoms with van der Waals surface area (Å²) in [7, 11) is 0. The number of hydrogen-bond acceptors (Lipinski definition) is 3. The summed E-state index contributed by atoms with van der Waals surface area (Å²) in [5.74, 6) is -0.345. The summed E-state index contributed by atoms with van der Waals surface area (Å²) in [4.78, 5) is 24.4. The van der Waals surface area contributed by atoms with Crippen LogP contribution >= 0.6 is 11.6 Å². The maximum Gasteiger partial charge on any atom is 0.270 e. The van der Waals surface area contributed by atoms with Gasteiger partial charge in [-0.2, -0.15) is 5.10 Å². The zero-order valence-electron chi connectivity index (χ0n) is 13.9. The Kier molecular flexibility index (Phi) is 4.72. The summed E-state index contributed by atoms with van der Waals surface area (Å²) < 4.78 is 2.96. The molecular formula is C18H17ClN4O2. The lowest BCUT2D eigenvalue weighted by atomic mass is 10.1. The van der Waals surface area contributed by atoms with Gasteiger partial charge in [0.1, 0.15) is 0 Å². The smallest absolute Gasteiger partial charge is 0.267 e. The number of halogens is 1. The van der Waals surface area contributed by atoms with Gasteiger partial charge in [-0.1, -0.05) is 23.7 Å². The number of rotatable bonds is 4. The first-order chi connectivity index (χ1) is 11.9. The lowest BCUT2D eigenvalue weighted by Gasteiger charge is -2.12.